The summed E-state index contributed by atoms with van der Waals surface area (Å²) in [5.41, 5.74) is 8.17. The molecule has 5 nitrogen and oxygen atoms in total. The Kier molecular flexibility index (Phi) is 3.72. The van der Waals surface area contributed by atoms with E-state index in [1.54, 1.807) is 12.1 Å². The second kappa shape index (κ2) is 5.44. The number of nitrogens with two attached hydrogens (primary N) is 1. The van der Waals surface area contributed by atoms with Gasteiger partial charge in [-0.25, -0.2) is 0 Å². The Balaban J connectivity index is 2.27. The molecule has 0 aliphatic rings. The van der Waals surface area contributed by atoms with Gasteiger partial charge in [0, 0.05) is 0 Å². The monoisotopic (exact) mass is 244 g/mol. The van der Waals surface area contributed by atoms with Crippen LogP contribution in [0.3, 0.4) is 0 Å². The van der Waals surface area contributed by atoms with Gasteiger partial charge >= 0.3 is 6.01 Å². The summed E-state index contributed by atoms with van der Waals surface area (Å²) in [6, 6.07) is 7.48. The molecule has 0 saturated carbocycles. The van der Waals surface area contributed by atoms with Gasteiger partial charge in [-0.2, -0.15) is 4.98 Å². The van der Waals surface area contributed by atoms with Gasteiger partial charge in [0.25, 0.3) is 0 Å². The summed E-state index contributed by atoms with van der Waals surface area (Å²) in [6.45, 7) is 4.06. The summed E-state index contributed by atoms with van der Waals surface area (Å²) in [5.74, 6) is 0.547. The van der Waals surface area contributed by atoms with Crippen LogP contribution in [0.25, 0.3) is 0 Å². The first-order valence-corrected chi connectivity index (χ1v) is 5.99. The zero-order chi connectivity index (χ0) is 13.0. The molecule has 0 bridgehead atoms. The maximum atomic E-state index is 5.79. The molecule has 0 spiro atoms. The van der Waals surface area contributed by atoms with Crippen molar-refractivity contribution in [3.05, 3.63) is 35.7 Å². The van der Waals surface area contributed by atoms with Crippen LogP contribution in [0.5, 0.6) is 11.8 Å². The molecule has 1 aromatic carbocycles. The number of ether oxygens (including phenoxy) is 1. The van der Waals surface area contributed by atoms with Crippen LogP contribution in [0, 0.1) is 0 Å². The van der Waals surface area contributed by atoms with E-state index >= 15 is 0 Å². The first-order chi connectivity index (χ1) is 8.74. The van der Waals surface area contributed by atoms with Crippen molar-refractivity contribution in [3.8, 4) is 11.8 Å². The van der Waals surface area contributed by atoms with Crippen LogP contribution < -0.4 is 10.5 Å². The van der Waals surface area contributed by atoms with Crippen molar-refractivity contribution in [2.24, 2.45) is 0 Å². The van der Waals surface area contributed by atoms with E-state index < -0.39 is 0 Å². The van der Waals surface area contributed by atoms with Crippen molar-refractivity contribution in [1.29, 1.82) is 0 Å². The minimum Gasteiger partial charge on any atom is -0.421 e. The minimum atomic E-state index is 0.238. The van der Waals surface area contributed by atoms with Crippen LogP contribution in [0.1, 0.15) is 25.2 Å². The molecule has 0 aliphatic carbocycles. The lowest BCUT2D eigenvalue weighted by atomic mass is 10.2. The zero-order valence-electron chi connectivity index (χ0n) is 10.6. The van der Waals surface area contributed by atoms with Crippen molar-refractivity contribution >= 4 is 5.69 Å². The molecule has 0 aliphatic heterocycles. The number of hydrogen-bond acceptors (Lipinski definition) is 5. The number of aryl methyl sites for hydroxylation is 2. The minimum absolute atomic E-state index is 0.238. The summed E-state index contributed by atoms with van der Waals surface area (Å²) >= 11 is 0. The first kappa shape index (κ1) is 12.3. The van der Waals surface area contributed by atoms with Crippen molar-refractivity contribution in [2.75, 3.05) is 5.73 Å². The average Bonchev–Trinajstić information content (AvgIpc) is 2.41. The summed E-state index contributed by atoms with van der Waals surface area (Å²) in [7, 11) is 0. The lowest BCUT2D eigenvalue weighted by molar-refractivity contribution is 0.430. The maximum absolute atomic E-state index is 5.79. The van der Waals surface area contributed by atoms with E-state index in [0.717, 1.165) is 24.2 Å². The number of nitrogens with zero attached hydrogens (tertiary/aromatic N) is 3. The molecule has 94 valence electrons. The molecule has 0 saturated heterocycles. The highest BCUT2D eigenvalue weighted by Gasteiger charge is 2.08. The van der Waals surface area contributed by atoms with Crippen molar-refractivity contribution in [3.63, 3.8) is 0 Å². The molecule has 2 N–H and O–H groups in total. The second-order valence-electron chi connectivity index (χ2n) is 3.83. The lowest BCUT2D eigenvalue weighted by Crippen LogP contribution is -2.05. The highest BCUT2D eigenvalue weighted by atomic mass is 16.5. The van der Waals surface area contributed by atoms with Crippen molar-refractivity contribution in [2.45, 2.75) is 26.7 Å². The lowest BCUT2D eigenvalue weighted by Gasteiger charge is -2.08. The quantitative estimate of drug-likeness (QED) is 0.836. The van der Waals surface area contributed by atoms with Gasteiger partial charge in [0.05, 0.1) is 17.1 Å². The molecule has 5 heteroatoms. The Hall–Kier alpha value is -2.17. The van der Waals surface area contributed by atoms with Crippen LogP contribution in [-0.2, 0) is 12.8 Å². The van der Waals surface area contributed by atoms with Gasteiger partial charge in [-0.15, -0.1) is 5.10 Å². The fourth-order valence-corrected chi connectivity index (χ4v) is 1.64. The van der Waals surface area contributed by atoms with E-state index in [0.29, 0.717) is 11.4 Å². The third kappa shape index (κ3) is 2.56. The predicted octanol–water partition coefficient (Wildman–Crippen LogP) is 2.37. The largest absolute Gasteiger partial charge is 0.421 e. The molecule has 0 atom stereocenters. The molecule has 18 heavy (non-hydrogen) atoms. The highest BCUT2D eigenvalue weighted by Crippen LogP contribution is 2.24. The molecule has 2 aromatic rings. The molecular weight excluding hydrogens is 228 g/mol. The number of aromatic nitrogens is 3. The van der Waals surface area contributed by atoms with E-state index in [1.165, 1.54) is 0 Å². The molecule has 0 radical (unpaired) electrons. The standard InChI is InChI=1S/C13H16N4O/c1-3-10-11(4-2)16-17-13(15-10)18-12-8-6-5-7-9(12)14/h5-8H,3-4,14H2,1-2H3. The Morgan fingerprint density at radius 2 is 1.78 bits per heavy atom. The third-order valence-corrected chi connectivity index (χ3v) is 2.61. The predicted molar refractivity (Wildman–Crippen MR) is 69.5 cm³/mol. The summed E-state index contributed by atoms with van der Waals surface area (Å²) < 4.78 is 5.54. The zero-order valence-corrected chi connectivity index (χ0v) is 10.6. The smallest absolute Gasteiger partial charge is 0.341 e. The van der Waals surface area contributed by atoms with Crippen LogP contribution in [0.15, 0.2) is 24.3 Å². The molecule has 0 fully saturated rings. The fourth-order valence-electron chi connectivity index (χ4n) is 1.64. The number of rotatable bonds is 4. The molecule has 0 unspecified atom stereocenters. The first-order valence-electron chi connectivity index (χ1n) is 5.99. The molecule has 2 rings (SSSR count). The van der Waals surface area contributed by atoms with Crippen LogP contribution in [-0.4, -0.2) is 15.2 Å². The van der Waals surface area contributed by atoms with E-state index in [4.69, 9.17) is 10.5 Å². The summed E-state index contributed by atoms with van der Waals surface area (Å²) in [6.07, 6.45) is 1.62. The van der Waals surface area contributed by atoms with Gasteiger partial charge < -0.3 is 10.5 Å². The molecular formula is C13H16N4O. The van der Waals surface area contributed by atoms with Crippen LogP contribution in [0.4, 0.5) is 5.69 Å². The SMILES string of the molecule is CCc1nnc(Oc2ccccc2N)nc1CC. The Bertz CT molecular complexity index is 542. The maximum Gasteiger partial charge on any atom is 0.341 e. The molecule has 0 amide bonds. The Morgan fingerprint density at radius 1 is 1.06 bits per heavy atom. The van der Waals surface area contributed by atoms with Crippen molar-refractivity contribution < 1.29 is 4.74 Å². The van der Waals surface area contributed by atoms with E-state index in [2.05, 4.69) is 15.2 Å². The normalized spacial score (nSPS) is 10.3. The van der Waals surface area contributed by atoms with Gasteiger partial charge in [-0.3, -0.25) is 0 Å². The second-order valence-corrected chi connectivity index (χ2v) is 3.83. The van der Waals surface area contributed by atoms with Gasteiger partial charge in [0.2, 0.25) is 0 Å². The highest BCUT2D eigenvalue weighted by molar-refractivity contribution is 5.52. The van der Waals surface area contributed by atoms with Crippen LogP contribution >= 0.6 is 0 Å². The van der Waals surface area contributed by atoms with E-state index in [9.17, 15) is 0 Å². The Morgan fingerprint density at radius 3 is 2.44 bits per heavy atom. The van der Waals surface area contributed by atoms with E-state index in [-0.39, 0.29) is 6.01 Å². The van der Waals surface area contributed by atoms with Gasteiger partial charge in [-0.1, -0.05) is 31.1 Å². The average molecular weight is 244 g/mol. The van der Waals surface area contributed by atoms with Crippen molar-refractivity contribution in [1.82, 2.24) is 15.2 Å². The van der Waals surface area contributed by atoms with Crippen LogP contribution in [0.2, 0.25) is 0 Å². The number of hydrogen-bond donors (Lipinski definition) is 1. The molecule has 1 aromatic heterocycles. The van der Waals surface area contributed by atoms with E-state index in [1.807, 2.05) is 26.0 Å². The summed E-state index contributed by atoms with van der Waals surface area (Å²) in [5, 5.41) is 8.07. The third-order valence-electron chi connectivity index (χ3n) is 2.61. The van der Waals surface area contributed by atoms with Gasteiger partial charge in [-0.05, 0) is 25.0 Å². The number of nitrogen functional groups attached to an aromatic ring is 1. The number of para-hydroxylation sites is 2. The topological polar surface area (TPSA) is 73.9 Å². The fraction of sp³-hybridized carbons (Fsp3) is 0.308. The van der Waals surface area contributed by atoms with Gasteiger partial charge in [0.15, 0.2) is 5.75 Å². The van der Waals surface area contributed by atoms with Gasteiger partial charge in [0.1, 0.15) is 0 Å². The Labute approximate surface area is 106 Å². The number of anilines is 1. The number of benzene rings is 1. The molecule has 1 heterocycles. The summed E-state index contributed by atoms with van der Waals surface area (Å²) in [4.78, 5) is 4.35.